The fraction of sp³-hybridized carbons (Fsp3) is 0.706. The maximum atomic E-state index is 5.24. The fourth-order valence-corrected chi connectivity index (χ4v) is 3.00. The van der Waals surface area contributed by atoms with Crippen molar-refractivity contribution in [2.45, 2.75) is 58.2 Å². The monoisotopic (exact) mass is 291 g/mol. The third kappa shape index (κ3) is 3.55. The molecule has 1 aromatic heterocycles. The van der Waals surface area contributed by atoms with Crippen molar-refractivity contribution in [3.05, 3.63) is 23.9 Å². The second-order valence-electron chi connectivity index (χ2n) is 6.68. The van der Waals surface area contributed by atoms with Crippen LogP contribution in [0.4, 0.5) is 0 Å². The standard InChI is InChI=1S/C17H29N3O/c1-6-17(7-2)13-20(16(3,4)12-18-17)11-14-9-8-10-15(19-14)21-5/h8-10,18H,6-7,11-13H2,1-5H3. The first kappa shape index (κ1) is 16.2. The Morgan fingerprint density at radius 2 is 2.00 bits per heavy atom. The second kappa shape index (κ2) is 6.32. The first-order chi connectivity index (χ1) is 9.94. The third-order valence-electron chi connectivity index (χ3n) is 4.94. The molecule has 1 N–H and O–H groups in total. The molecule has 21 heavy (non-hydrogen) atoms. The van der Waals surface area contributed by atoms with Gasteiger partial charge in [-0.2, -0.15) is 0 Å². The third-order valence-corrected chi connectivity index (χ3v) is 4.94. The molecule has 0 bridgehead atoms. The Morgan fingerprint density at radius 1 is 1.29 bits per heavy atom. The van der Waals surface area contributed by atoms with Gasteiger partial charge < -0.3 is 10.1 Å². The van der Waals surface area contributed by atoms with Crippen LogP contribution in [0.2, 0.25) is 0 Å². The summed E-state index contributed by atoms with van der Waals surface area (Å²) in [5.41, 5.74) is 1.44. The first-order valence-corrected chi connectivity index (χ1v) is 7.95. The Labute approximate surface area is 128 Å². The van der Waals surface area contributed by atoms with Crippen molar-refractivity contribution < 1.29 is 4.74 Å². The van der Waals surface area contributed by atoms with Crippen LogP contribution >= 0.6 is 0 Å². The van der Waals surface area contributed by atoms with Crippen LogP contribution in [-0.4, -0.2) is 41.2 Å². The molecule has 118 valence electrons. The van der Waals surface area contributed by atoms with Crippen LogP contribution in [-0.2, 0) is 6.54 Å². The van der Waals surface area contributed by atoms with Gasteiger partial charge >= 0.3 is 0 Å². The van der Waals surface area contributed by atoms with Crippen LogP contribution in [0.15, 0.2) is 18.2 Å². The maximum absolute atomic E-state index is 5.24. The average molecular weight is 291 g/mol. The lowest BCUT2D eigenvalue weighted by atomic mass is 9.85. The molecule has 0 aliphatic carbocycles. The predicted octanol–water partition coefficient (Wildman–Crippen LogP) is 2.83. The fourth-order valence-electron chi connectivity index (χ4n) is 3.00. The topological polar surface area (TPSA) is 37.4 Å². The lowest BCUT2D eigenvalue weighted by Gasteiger charge is -2.51. The molecule has 0 amide bonds. The number of nitrogens with one attached hydrogen (secondary N) is 1. The quantitative estimate of drug-likeness (QED) is 0.905. The molecule has 1 aliphatic heterocycles. The van der Waals surface area contributed by atoms with Gasteiger partial charge in [0, 0.05) is 36.8 Å². The van der Waals surface area contributed by atoms with Crippen LogP contribution in [0.1, 0.15) is 46.2 Å². The minimum Gasteiger partial charge on any atom is -0.481 e. The lowest BCUT2D eigenvalue weighted by molar-refractivity contribution is 0.0152. The van der Waals surface area contributed by atoms with Gasteiger partial charge in [0.05, 0.1) is 12.8 Å². The number of nitrogens with zero attached hydrogens (tertiary/aromatic N) is 2. The van der Waals surface area contributed by atoms with Gasteiger partial charge in [-0.05, 0) is 32.8 Å². The smallest absolute Gasteiger partial charge is 0.213 e. The van der Waals surface area contributed by atoms with Crippen LogP contribution in [0.5, 0.6) is 5.88 Å². The summed E-state index contributed by atoms with van der Waals surface area (Å²) in [6.45, 7) is 12.1. The summed E-state index contributed by atoms with van der Waals surface area (Å²) >= 11 is 0. The summed E-state index contributed by atoms with van der Waals surface area (Å²) < 4.78 is 5.24. The van der Waals surface area contributed by atoms with Crippen molar-refractivity contribution in [2.75, 3.05) is 20.2 Å². The Balaban J connectivity index is 2.18. The van der Waals surface area contributed by atoms with E-state index in [1.54, 1.807) is 7.11 Å². The summed E-state index contributed by atoms with van der Waals surface area (Å²) in [7, 11) is 1.67. The molecule has 0 aromatic carbocycles. The highest BCUT2D eigenvalue weighted by atomic mass is 16.5. The molecular weight excluding hydrogens is 262 g/mol. The molecule has 2 heterocycles. The number of rotatable bonds is 5. The molecular formula is C17H29N3O. The molecule has 1 aromatic rings. The van der Waals surface area contributed by atoms with E-state index in [0.29, 0.717) is 5.88 Å². The zero-order chi connectivity index (χ0) is 15.5. The van der Waals surface area contributed by atoms with Gasteiger partial charge in [-0.1, -0.05) is 19.9 Å². The van der Waals surface area contributed by atoms with Crippen molar-refractivity contribution in [2.24, 2.45) is 0 Å². The molecule has 1 aliphatic rings. The van der Waals surface area contributed by atoms with E-state index >= 15 is 0 Å². The van der Waals surface area contributed by atoms with Gasteiger partial charge in [-0.15, -0.1) is 0 Å². The van der Waals surface area contributed by atoms with Crippen LogP contribution in [0, 0.1) is 0 Å². The number of pyridine rings is 1. The average Bonchev–Trinajstić information content (AvgIpc) is 2.50. The first-order valence-electron chi connectivity index (χ1n) is 7.95. The van der Waals surface area contributed by atoms with Crippen molar-refractivity contribution in [1.82, 2.24) is 15.2 Å². The molecule has 1 saturated heterocycles. The summed E-state index contributed by atoms with van der Waals surface area (Å²) in [6.07, 6.45) is 2.31. The minimum atomic E-state index is 0.137. The van der Waals surface area contributed by atoms with E-state index in [2.05, 4.69) is 49.0 Å². The number of methoxy groups -OCH3 is 1. The van der Waals surface area contributed by atoms with Crippen molar-refractivity contribution in [3.8, 4) is 5.88 Å². The molecule has 2 rings (SSSR count). The second-order valence-corrected chi connectivity index (χ2v) is 6.68. The van der Waals surface area contributed by atoms with Crippen molar-refractivity contribution in [3.63, 3.8) is 0 Å². The van der Waals surface area contributed by atoms with E-state index in [9.17, 15) is 0 Å². The van der Waals surface area contributed by atoms with E-state index in [1.165, 1.54) is 0 Å². The number of piperazine rings is 1. The summed E-state index contributed by atoms with van der Waals surface area (Å²) in [6, 6.07) is 6.00. The highest BCUT2D eigenvalue weighted by molar-refractivity contribution is 5.16. The van der Waals surface area contributed by atoms with Gasteiger partial charge in [-0.3, -0.25) is 4.90 Å². The number of hydrogen-bond donors (Lipinski definition) is 1. The summed E-state index contributed by atoms with van der Waals surface area (Å²) in [5, 5.41) is 3.77. The Morgan fingerprint density at radius 3 is 2.62 bits per heavy atom. The Kier molecular flexibility index (Phi) is 4.89. The molecule has 0 saturated carbocycles. The van der Waals surface area contributed by atoms with Gasteiger partial charge in [0.2, 0.25) is 5.88 Å². The molecule has 0 radical (unpaired) electrons. The van der Waals surface area contributed by atoms with E-state index in [1.807, 2.05) is 12.1 Å². The van der Waals surface area contributed by atoms with Gasteiger partial charge in [0.1, 0.15) is 0 Å². The van der Waals surface area contributed by atoms with Crippen LogP contribution in [0.3, 0.4) is 0 Å². The van der Waals surface area contributed by atoms with Gasteiger partial charge in [0.25, 0.3) is 0 Å². The highest BCUT2D eigenvalue weighted by Gasteiger charge is 2.40. The van der Waals surface area contributed by atoms with Gasteiger partial charge in [0.15, 0.2) is 0 Å². The largest absolute Gasteiger partial charge is 0.481 e. The zero-order valence-electron chi connectivity index (χ0n) is 14.1. The molecule has 0 spiro atoms. The van der Waals surface area contributed by atoms with E-state index in [0.717, 1.165) is 38.2 Å². The SMILES string of the molecule is CCC1(CC)CN(Cc2cccc(OC)n2)C(C)(C)CN1. The Hall–Kier alpha value is -1.13. The van der Waals surface area contributed by atoms with Crippen LogP contribution < -0.4 is 10.1 Å². The Bertz CT molecular complexity index is 469. The molecule has 4 heteroatoms. The normalized spacial score (nSPS) is 21.2. The van der Waals surface area contributed by atoms with E-state index in [4.69, 9.17) is 4.74 Å². The van der Waals surface area contributed by atoms with Crippen LogP contribution in [0.25, 0.3) is 0 Å². The summed E-state index contributed by atoms with van der Waals surface area (Å²) in [4.78, 5) is 7.12. The van der Waals surface area contributed by atoms with E-state index < -0.39 is 0 Å². The molecule has 1 fully saturated rings. The predicted molar refractivity (Wildman–Crippen MR) is 86.6 cm³/mol. The van der Waals surface area contributed by atoms with Crippen molar-refractivity contribution >= 4 is 0 Å². The molecule has 4 nitrogen and oxygen atoms in total. The molecule has 0 atom stereocenters. The van der Waals surface area contributed by atoms with Crippen molar-refractivity contribution in [1.29, 1.82) is 0 Å². The minimum absolute atomic E-state index is 0.137. The summed E-state index contributed by atoms with van der Waals surface area (Å²) in [5.74, 6) is 0.692. The lowest BCUT2D eigenvalue weighted by Crippen LogP contribution is -2.67. The van der Waals surface area contributed by atoms with E-state index in [-0.39, 0.29) is 11.1 Å². The maximum Gasteiger partial charge on any atom is 0.213 e. The zero-order valence-corrected chi connectivity index (χ0v) is 14.1. The number of ether oxygens (including phenoxy) is 1. The molecule has 0 unspecified atom stereocenters. The van der Waals surface area contributed by atoms with Gasteiger partial charge in [-0.25, -0.2) is 4.98 Å². The number of hydrogen-bond acceptors (Lipinski definition) is 4. The highest BCUT2D eigenvalue weighted by Crippen LogP contribution is 2.29. The number of aromatic nitrogens is 1.